The molecule has 0 bridgehead atoms. The minimum atomic E-state index is -0.810. The van der Waals surface area contributed by atoms with Crippen molar-refractivity contribution in [3.8, 4) is 0 Å². The van der Waals surface area contributed by atoms with Crippen molar-refractivity contribution in [3.05, 3.63) is 0 Å². The zero-order valence-electron chi connectivity index (χ0n) is 31.3. The summed E-state index contributed by atoms with van der Waals surface area (Å²) >= 11 is 0. The lowest BCUT2D eigenvalue weighted by molar-refractivity contribution is -0.373. The van der Waals surface area contributed by atoms with Crippen LogP contribution in [0.4, 0.5) is 0 Å². The van der Waals surface area contributed by atoms with Gasteiger partial charge in [0, 0.05) is 52.9 Å². The van der Waals surface area contributed by atoms with Gasteiger partial charge in [0.1, 0.15) is 48.8 Å². The van der Waals surface area contributed by atoms with E-state index in [1.54, 1.807) is 0 Å². The molecule has 0 saturated carbocycles. The Labute approximate surface area is 276 Å². The van der Waals surface area contributed by atoms with Gasteiger partial charge in [0.05, 0.1) is 13.2 Å². The van der Waals surface area contributed by atoms with Crippen molar-refractivity contribution in [2.45, 2.75) is 158 Å². The molecule has 11 nitrogen and oxygen atoms in total. The van der Waals surface area contributed by atoms with Gasteiger partial charge in [-0.1, -0.05) is 41.5 Å². The lowest BCUT2D eigenvalue weighted by atomic mass is 9.96. The van der Waals surface area contributed by atoms with Gasteiger partial charge in [-0.3, -0.25) is 0 Å². The summed E-state index contributed by atoms with van der Waals surface area (Å²) in [5.41, 5.74) is 0. The summed E-state index contributed by atoms with van der Waals surface area (Å²) in [5.74, 6) is 0. The molecule has 0 aromatic heterocycles. The topological polar surface area (TPSA) is 102 Å². The first-order chi connectivity index (χ1) is 22.0. The van der Waals surface area contributed by atoms with Gasteiger partial charge in [-0.15, -0.1) is 0 Å². The molecule has 2 rings (SSSR count). The fourth-order valence-electron chi connectivity index (χ4n) is 5.12. The maximum absolute atomic E-state index is 6.78. The Balaban J connectivity index is 0. The molecule has 0 radical (unpaired) electrons. The van der Waals surface area contributed by atoms with Crippen LogP contribution < -0.4 is 0 Å². The molecule has 45 heavy (non-hydrogen) atoms. The number of rotatable bonds is 20. The first-order valence-electron chi connectivity index (χ1n) is 17.9. The van der Waals surface area contributed by atoms with Crippen LogP contribution in [0.2, 0.25) is 0 Å². The van der Waals surface area contributed by atoms with Crippen LogP contribution in [0.3, 0.4) is 0 Å². The highest BCUT2D eigenvalue weighted by atomic mass is 16.8. The fraction of sp³-hybridized carbons (Fsp3) is 1.00. The minimum absolute atomic E-state index is 0.290. The van der Waals surface area contributed by atoms with Crippen LogP contribution in [0.25, 0.3) is 0 Å². The maximum atomic E-state index is 6.78. The summed E-state index contributed by atoms with van der Waals surface area (Å²) in [6, 6.07) is 0. The zero-order chi connectivity index (χ0) is 34.6. The highest BCUT2D eigenvalue weighted by molar-refractivity contribution is 4.97. The minimum Gasteiger partial charge on any atom is -0.379 e. The second-order valence-corrected chi connectivity index (χ2v) is 9.06. The Morgan fingerprint density at radius 1 is 0.356 bits per heavy atom. The van der Waals surface area contributed by atoms with E-state index in [0.717, 1.165) is 0 Å². The number of ether oxygens (including phenoxy) is 11. The van der Waals surface area contributed by atoms with Crippen LogP contribution >= 0.6 is 0 Å². The summed E-state index contributed by atoms with van der Waals surface area (Å²) in [4.78, 5) is 0. The largest absolute Gasteiger partial charge is 0.379 e. The Hall–Kier alpha value is -0.440. The van der Waals surface area contributed by atoms with Crippen molar-refractivity contribution in [3.63, 3.8) is 0 Å². The van der Waals surface area contributed by atoms with Crippen LogP contribution in [0.15, 0.2) is 0 Å². The van der Waals surface area contributed by atoms with Crippen molar-refractivity contribution < 1.29 is 52.1 Å². The normalized spacial score (nSPS) is 31.1. The quantitative estimate of drug-likeness (QED) is 0.153. The third-order valence-electron chi connectivity index (χ3n) is 6.57. The van der Waals surface area contributed by atoms with Gasteiger partial charge in [0.15, 0.2) is 12.6 Å². The molecular formula is C34H72O11. The molecule has 10 unspecified atom stereocenters. The van der Waals surface area contributed by atoms with E-state index in [-0.39, 0.29) is 12.7 Å². The number of hydrogen-bond acceptors (Lipinski definition) is 11. The van der Waals surface area contributed by atoms with E-state index >= 15 is 0 Å². The molecule has 274 valence electrons. The predicted molar refractivity (Wildman–Crippen MR) is 178 cm³/mol. The van der Waals surface area contributed by atoms with Crippen LogP contribution in [-0.4, -0.2) is 127 Å². The van der Waals surface area contributed by atoms with Gasteiger partial charge in [0.25, 0.3) is 0 Å². The molecule has 0 N–H and O–H groups in total. The average Bonchev–Trinajstić information content (AvgIpc) is 3.07. The van der Waals surface area contributed by atoms with Gasteiger partial charge >= 0.3 is 0 Å². The summed E-state index contributed by atoms with van der Waals surface area (Å²) < 4.78 is 68.2. The van der Waals surface area contributed by atoms with Crippen molar-refractivity contribution in [2.75, 3.05) is 66.1 Å². The lowest BCUT2D eigenvalue weighted by Crippen LogP contribution is -2.66. The van der Waals surface area contributed by atoms with E-state index in [4.69, 9.17) is 52.1 Å². The first kappa shape index (κ1) is 46.7. The molecule has 0 aromatic rings. The van der Waals surface area contributed by atoms with E-state index in [1.165, 1.54) is 0 Å². The lowest BCUT2D eigenvalue weighted by Gasteiger charge is -2.50. The third-order valence-corrected chi connectivity index (χ3v) is 6.57. The molecule has 2 fully saturated rings. The molecule has 11 heteroatoms. The van der Waals surface area contributed by atoms with E-state index in [1.807, 2.05) is 96.9 Å². The molecule has 2 saturated heterocycles. The first-order valence-corrected chi connectivity index (χ1v) is 17.9. The molecule has 2 aliphatic heterocycles. The average molecular weight is 657 g/mol. The van der Waals surface area contributed by atoms with E-state index in [0.29, 0.717) is 59.5 Å². The SMILES string of the molecule is CC.CC.CC.CCOCC1OC(OC2C(COCC)OC(OCC)C(OCC)C2OCC)C(OCC)C(OCC)C1OCC. The smallest absolute Gasteiger partial charge is 0.187 e. The van der Waals surface area contributed by atoms with Crippen molar-refractivity contribution in [1.29, 1.82) is 0 Å². The molecule has 0 aliphatic carbocycles. The van der Waals surface area contributed by atoms with Crippen molar-refractivity contribution in [2.24, 2.45) is 0 Å². The Bertz CT molecular complexity index is 615. The van der Waals surface area contributed by atoms with Crippen LogP contribution in [0, 0.1) is 0 Å². The second-order valence-electron chi connectivity index (χ2n) is 9.06. The highest BCUT2D eigenvalue weighted by Crippen LogP contribution is 2.35. The third kappa shape index (κ3) is 15.5. The van der Waals surface area contributed by atoms with E-state index in [9.17, 15) is 0 Å². The Kier molecular flexibility index (Phi) is 32.0. The molecule has 10 atom stereocenters. The van der Waals surface area contributed by atoms with Crippen LogP contribution in [-0.2, 0) is 52.1 Å². The number of hydrogen-bond donors (Lipinski definition) is 0. The Morgan fingerprint density at radius 2 is 0.689 bits per heavy atom. The van der Waals surface area contributed by atoms with Crippen molar-refractivity contribution >= 4 is 0 Å². The van der Waals surface area contributed by atoms with E-state index < -0.39 is 55.3 Å². The highest BCUT2D eigenvalue weighted by Gasteiger charge is 2.54. The van der Waals surface area contributed by atoms with Gasteiger partial charge < -0.3 is 52.1 Å². The Morgan fingerprint density at radius 3 is 1.11 bits per heavy atom. The standard InChI is InChI=1S/C28H54O11.3C2H6/c1-9-29-17-19-21(31-11-3)23(32-12-4)26(35-15-7)28(38-19)39-22-20(18-30-10-2)37-27(36-16-8)25(34-14-6)24(22)33-13-5;3*1-2/h19-28H,9-18H2,1-8H3;3*1-2H3. The molecule has 2 aliphatic rings. The van der Waals surface area contributed by atoms with Crippen LogP contribution in [0.1, 0.15) is 96.9 Å². The monoisotopic (exact) mass is 657 g/mol. The molecule has 2 heterocycles. The van der Waals surface area contributed by atoms with Gasteiger partial charge in [0.2, 0.25) is 0 Å². The van der Waals surface area contributed by atoms with E-state index in [2.05, 4.69) is 0 Å². The molecule has 0 aromatic carbocycles. The maximum Gasteiger partial charge on any atom is 0.187 e. The fourth-order valence-corrected chi connectivity index (χ4v) is 5.12. The molecular weight excluding hydrogens is 584 g/mol. The zero-order valence-corrected chi connectivity index (χ0v) is 31.3. The predicted octanol–water partition coefficient (Wildman–Crippen LogP) is 6.04. The molecule has 0 spiro atoms. The summed E-state index contributed by atoms with van der Waals surface area (Å²) in [6.07, 6.45) is -5.36. The second kappa shape index (κ2) is 30.9. The van der Waals surface area contributed by atoms with Gasteiger partial charge in [-0.2, -0.15) is 0 Å². The van der Waals surface area contributed by atoms with Crippen LogP contribution in [0.5, 0.6) is 0 Å². The van der Waals surface area contributed by atoms with Gasteiger partial charge in [-0.25, -0.2) is 0 Å². The molecule has 0 amide bonds. The van der Waals surface area contributed by atoms with Gasteiger partial charge in [-0.05, 0) is 55.4 Å². The summed E-state index contributed by atoms with van der Waals surface area (Å²) in [5, 5.41) is 0. The summed E-state index contributed by atoms with van der Waals surface area (Å²) in [7, 11) is 0. The summed E-state index contributed by atoms with van der Waals surface area (Å²) in [6.45, 7) is 32.0. The van der Waals surface area contributed by atoms with Crippen molar-refractivity contribution in [1.82, 2.24) is 0 Å².